The van der Waals surface area contributed by atoms with Crippen LogP contribution in [0.3, 0.4) is 0 Å². The number of halogens is 2. The van der Waals surface area contributed by atoms with Crippen molar-refractivity contribution in [2.24, 2.45) is 0 Å². The fraction of sp³-hybridized carbons (Fsp3) is 0.200. The van der Waals surface area contributed by atoms with Gasteiger partial charge in [-0.2, -0.15) is 0 Å². The quantitative estimate of drug-likeness (QED) is 0.398. The van der Waals surface area contributed by atoms with Gasteiger partial charge in [-0.3, -0.25) is 9.69 Å². The van der Waals surface area contributed by atoms with Gasteiger partial charge in [0.2, 0.25) is 0 Å². The van der Waals surface area contributed by atoms with Crippen molar-refractivity contribution in [3.63, 3.8) is 0 Å². The monoisotopic (exact) mass is 437 g/mol. The topological polar surface area (TPSA) is 29.5 Å². The van der Waals surface area contributed by atoms with Crippen molar-refractivity contribution < 1.29 is 9.53 Å². The average Bonchev–Trinajstić information content (AvgIpc) is 2.89. The van der Waals surface area contributed by atoms with Crippen molar-refractivity contribution >= 4 is 63.5 Å². The molecule has 0 atom stereocenters. The van der Waals surface area contributed by atoms with Gasteiger partial charge in [0.1, 0.15) is 16.7 Å². The minimum Gasteiger partial charge on any atom is -0.488 e. The highest BCUT2D eigenvalue weighted by molar-refractivity contribution is 8.26. The summed E-state index contributed by atoms with van der Waals surface area (Å²) >= 11 is 18.8. The minimum absolute atomic E-state index is 0.0763. The molecule has 1 aliphatic heterocycles. The lowest BCUT2D eigenvalue weighted by atomic mass is 10.1. The van der Waals surface area contributed by atoms with E-state index in [1.165, 1.54) is 11.8 Å². The maximum absolute atomic E-state index is 12.6. The minimum atomic E-state index is -0.0763. The van der Waals surface area contributed by atoms with Gasteiger partial charge in [0.05, 0.1) is 4.91 Å². The third kappa shape index (κ3) is 5.05. The molecular formula is C20H17Cl2NO2S2. The van der Waals surface area contributed by atoms with Crippen LogP contribution >= 0.6 is 47.2 Å². The van der Waals surface area contributed by atoms with Crippen LogP contribution in [0.25, 0.3) is 6.08 Å². The normalized spacial score (nSPS) is 15.7. The van der Waals surface area contributed by atoms with Crippen molar-refractivity contribution in [3.05, 3.63) is 68.5 Å². The van der Waals surface area contributed by atoms with E-state index in [1.807, 2.05) is 31.2 Å². The second kappa shape index (κ2) is 9.11. The second-order valence-electron chi connectivity index (χ2n) is 5.93. The fourth-order valence-electron chi connectivity index (χ4n) is 2.61. The van der Waals surface area contributed by atoms with Gasteiger partial charge in [-0.05, 0) is 48.4 Å². The highest BCUT2D eigenvalue weighted by Crippen LogP contribution is 2.35. The first kappa shape index (κ1) is 20.2. The molecule has 1 heterocycles. The zero-order valence-electron chi connectivity index (χ0n) is 14.6. The molecule has 0 radical (unpaired) electrons. The summed E-state index contributed by atoms with van der Waals surface area (Å²) in [5.74, 6) is 0.563. The molecule has 0 unspecified atom stereocenters. The van der Waals surface area contributed by atoms with E-state index in [2.05, 4.69) is 0 Å². The summed E-state index contributed by atoms with van der Waals surface area (Å²) in [5.41, 5.74) is 1.69. The molecule has 3 rings (SSSR count). The van der Waals surface area contributed by atoms with Crippen LogP contribution in [-0.4, -0.2) is 21.7 Å². The molecule has 3 nitrogen and oxygen atoms in total. The maximum atomic E-state index is 12.6. The van der Waals surface area contributed by atoms with E-state index in [1.54, 1.807) is 29.2 Å². The van der Waals surface area contributed by atoms with Crippen molar-refractivity contribution in [2.45, 2.75) is 20.0 Å². The molecule has 7 heteroatoms. The van der Waals surface area contributed by atoms with Gasteiger partial charge >= 0.3 is 0 Å². The number of rotatable bonds is 6. The smallest absolute Gasteiger partial charge is 0.266 e. The van der Waals surface area contributed by atoms with Crippen LogP contribution in [0, 0.1) is 0 Å². The van der Waals surface area contributed by atoms with Crippen molar-refractivity contribution in [2.75, 3.05) is 6.54 Å². The standard InChI is InChI=1S/C20H17Cl2NO2S2/c1-2-8-23-19(24)18(27-20(23)26)11-14-10-16(22)6-7-17(14)25-12-13-4-3-5-15(21)9-13/h3-7,9-11H,2,8,12H2,1H3/b18-11-. The zero-order chi connectivity index (χ0) is 19.4. The molecule has 1 fully saturated rings. The molecule has 1 amide bonds. The lowest BCUT2D eigenvalue weighted by Crippen LogP contribution is -2.28. The molecule has 2 aromatic carbocycles. The molecule has 0 bridgehead atoms. The molecule has 27 heavy (non-hydrogen) atoms. The largest absolute Gasteiger partial charge is 0.488 e. The summed E-state index contributed by atoms with van der Waals surface area (Å²) in [4.78, 5) is 14.8. The van der Waals surface area contributed by atoms with Gasteiger partial charge in [-0.25, -0.2) is 0 Å². The SMILES string of the molecule is CCCN1C(=O)/C(=C/c2cc(Cl)ccc2OCc2cccc(Cl)c2)SC1=S. The van der Waals surface area contributed by atoms with Crippen LogP contribution < -0.4 is 4.74 Å². The van der Waals surface area contributed by atoms with Crippen molar-refractivity contribution in [1.82, 2.24) is 4.90 Å². The Hall–Kier alpha value is -1.53. The Morgan fingerprint density at radius 3 is 2.70 bits per heavy atom. The lowest BCUT2D eigenvalue weighted by molar-refractivity contribution is -0.122. The third-order valence-electron chi connectivity index (χ3n) is 3.86. The molecule has 0 spiro atoms. The van der Waals surface area contributed by atoms with Crippen LogP contribution in [0.4, 0.5) is 0 Å². The van der Waals surface area contributed by atoms with E-state index >= 15 is 0 Å². The van der Waals surface area contributed by atoms with E-state index in [-0.39, 0.29) is 5.91 Å². The number of thioether (sulfide) groups is 1. The number of hydrogen-bond donors (Lipinski definition) is 0. The number of benzene rings is 2. The van der Waals surface area contributed by atoms with Crippen LogP contribution in [0.1, 0.15) is 24.5 Å². The molecule has 0 aromatic heterocycles. The number of ether oxygens (including phenoxy) is 1. The Morgan fingerprint density at radius 2 is 1.96 bits per heavy atom. The molecule has 140 valence electrons. The van der Waals surface area contributed by atoms with Gasteiger partial charge in [0.15, 0.2) is 0 Å². The summed E-state index contributed by atoms with van der Waals surface area (Å²) in [6.07, 6.45) is 2.64. The summed E-state index contributed by atoms with van der Waals surface area (Å²) in [6, 6.07) is 12.8. The van der Waals surface area contributed by atoms with Gasteiger partial charge in [-0.15, -0.1) is 0 Å². The number of hydrogen-bond acceptors (Lipinski definition) is 4. The van der Waals surface area contributed by atoms with Gasteiger partial charge < -0.3 is 4.74 Å². The molecule has 0 N–H and O–H groups in total. The van der Waals surface area contributed by atoms with E-state index in [9.17, 15) is 4.79 Å². The number of carbonyl (C=O) groups excluding carboxylic acids is 1. The lowest BCUT2D eigenvalue weighted by Gasteiger charge is -2.12. The van der Waals surface area contributed by atoms with Crippen LogP contribution in [0.15, 0.2) is 47.4 Å². The van der Waals surface area contributed by atoms with Crippen LogP contribution in [0.2, 0.25) is 10.0 Å². The molecule has 0 saturated carbocycles. The first-order chi connectivity index (χ1) is 13.0. The van der Waals surface area contributed by atoms with Crippen LogP contribution in [0.5, 0.6) is 5.75 Å². The molecule has 0 aliphatic carbocycles. The first-order valence-electron chi connectivity index (χ1n) is 8.40. The Morgan fingerprint density at radius 1 is 1.19 bits per heavy atom. The Labute approximate surface area is 178 Å². The fourth-order valence-corrected chi connectivity index (χ4v) is 4.30. The molecular weight excluding hydrogens is 421 g/mol. The molecule has 1 saturated heterocycles. The third-order valence-corrected chi connectivity index (χ3v) is 5.71. The zero-order valence-corrected chi connectivity index (χ0v) is 17.7. The molecule has 2 aromatic rings. The Balaban J connectivity index is 1.84. The van der Waals surface area contributed by atoms with Gasteiger partial charge in [-0.1, -0.05) is 66.2 Å². The summed E-state index contributed by atoms with van der Waals surface area (Å²) in [6.45, 7) is 3.00. The number of amides is 1. The summed E-state index contributed by atoms with van der Waals surface area (Å²) in [5, 5.41) is 1.23. The highest BCUT2D eigenvalue weighted by Gasteiger charge is 2.31. The van der Waals surface area contributed by atoms with E-state index in [4.69, 9.17) is 40.2 Å². The second-order valence-corrected chi connectivity index (χ2v) is 8.48. The number of carbonyl (C=O) groups is 1. The van der Waals surface area contributed by atoms with Crippen molar-refractivity contribution in [1.29, 1.82) is 0 Å². The van der Waals surface area contributed by atoms with Gasteiger partial charge in [0, 0.05) is 22.2 Å². The van der Waals surface area contributed by atoms with E-state index in [0.29, 0.717) is 38.2 Å². The highest BCUT2D eigenvalue weighted by atomic mass is 35.5. The Bertz CT molecular complexity index is 915. The molecule has 1 aliphatic rings. The predicted molar refractivity (Wildman–Crippen MR) is 117 cm³/mol. The van der Waals surface area contributed by atoms with Crippen molar-refractivity contribution in [3.8, 4) is 5.75 Å². The Kier molecular flexibility index (Phi) is 6.82. The van der Waals surface area contributed by atoms with E-state index < -0.39 is 0 Å². The first-order valence-corrected chi connectivity index (χ1v) is 10.4. The number of nitrogens with zero attached hydrogens (tertiary/aromatic N) is 1. The summed E-state index contributed by atoms with van der Waals surface area (Å²) in [7, 11) is 0. The maximum Gasteiger partial charge on any atom is 0.266 e. The van der Waals surface area contributed by atoms with Gasteiger partial charge in [0.25, 0.3) is 5.91 Å². The number of thiocarbonyl (C=S) groups is 1. The van der Waals surface area contributed by atoms with Crippen LogP contribution in [-0.2, 0) is 11.4 Å². The predicted octanol–water partition coefficient (Wildman–Crippen LogP) is 6.18. The average molecular weight is 438 g/mol. The summed E-state index contributed by atoms with van der Waals surface area (Å²) < 4.78 is 6.53. The van der Waals surface area contributed by atoms with E-state index in [0.717, 1.165) is 17.5 Å².